The van der Waals surface area contributed by atoms with Crippen molar-refractivity contribution in [2.75, 3.05) is 13.2 Å². The summed E-state index contributed by atoms with van der Waals surface area (Å²) in [7, 11) is 0. The van der Waals surface area contributed by atoms with Crippen LogP contribution in [0.2, 0.25) is 0 Å². The summed E-state index contributed by atoms with van der Waals surface area (Å²) in [5, 5.41) is 0. The summed E-state index contributed by atoms with van der Waals surface area (Å²) in [6, 6.07) is 2.87. The zero-order valence-electron chi connectivity index (χ0n) is 9.80. The van der Waals surface area contributed by atoms with E-state index in [4.69, 9.17) is 15.2 Å². The fourth-order valence-corrected chi connectivity index (χ4v) is 1.84. The van der Waals surface area contributed by atoms with Crippen molar-refractivity contribution >= 4 is 0 Å². The number of rotatable bonds is 2. The van der Waals surface area contributed by atoms with Gasteiger partial charge in [-0.15, -0.1) is 0 Å². The van der Waals surface area contributed by atoms with Gasteiger partial charge >= 0.3 is 0 Å². The second kappa shape index (κ2) is 4.14. The molecule has 0 spiro atoms. The smallest absolute Gasteiger partial charge is 0.264 e. The fourth-order valence-electron chi connectivity index (χ4n) is 1.84. The lowest BCUT2D eigenvalue weighted by molar-refractivity contribution is 0.144. The van der Waals surface area contributed by atoms with Crippen molar-refractivity contribution in [2.45, 2.75) is 25.8 Å². The molecule has 0 atom stereocenters. The molecule has 1 aromatic rings. The summed E-state index contributed by atoms with van der Waals surface area (Å²) in [5.74, 6) is 0.841. The third-order valence-electron chi connectivity index (χ3n) is 2.64. The molecule has 1 aliphatic rings. The predicted molar refractivity (Wildman–Crippen MR) is 59.6 cm³/mol. The number of hydrogen-bond donors (Lipinski definition) is 1. The van der Waals surface area contributed by atoms with E-state index >= 15 is 0 Å². The highest BCUT2D eigenvalue weighted by atomic mass is 19.3. The molecule has 0 aromatic heterocycles. The SMILES string of the molecule is CC(C)(N)c1cc2c(cc1C(F)F)OCCO2. The van der Waals surface area contributed by atoms with Gasteiger partial charge in [-0.2, -0.15) is 0 Å². The Morgan fingerprint density at radius 1 is 1.18 bits per heavy atom. The zero-order chi connectivity index (χ0) is 12.6. The molecule has 1 heterocycles. The highest BCUT2D eigenvalue weighted by Crippen LogP contribution is 2.39. The molecule has 0 fully saturated rings. The van der Waals surface area contributed by atoms with Crippen molar-refractivity contribution < 1.29 is 18.3 Å². The van der Waals surface area contributed by atoms with Crippen molar-refractivity contribution in [3.05, 3.63) is 23.3 Å². The third kappa shape index (κ3) is 2.34. The van der Waals surface area contributed by atoms with E-state index in [9.17, 15) is 8.78 Å². The van der Waals surface area contributed by atoms with E-state index < -0.39 is 12.0 Å². The van der Waals surface area contributed by atoms with Crippen molar-refractivity contribution in [2.24, 2.45) is 5.73 Å². The van der Waals surface area contributed by atoms with Crippen LogP contribution in [0.1, 0.15) is 31.4 Å². The number of benzene rings is 1. The van der Waals surface area contributed by atoms with Crippen molar-refractivity contribution in [1.29, 1.82) is 0 Å². The largest absolute Gasteiger partial charge is 0.486 e. The van der Waals surface area contributed by atoms with E-state index in [1.54, 1.807) is 19.9 Å². The first-order valence-electron chi connectivity index (χ1n) is 5.40. The molecule has 0 aliphatic carbocycles. The zero-order valence-corrected chi connectivity index (χ0v) is 9.80. The Bertz CT molecular complexity index is 427. The maximum absolute atomic E-state index is 13.0. The van der Waals surface area contributed by atoms with Crippen LogP contribution in [0.25, 0.3) is 0 Å². The second-order valence-electron chi connectivity index (χ2n) is 4.61. The summed E-state index contributed by atoms with van der Waals surface area (Å²) in [5.41, 5.74) is 5.34. The number of fused-ring (bicyclic) bond motifs is 1. The molecular weight excluding hydrogens is 228 g/mol. The van der Waals surface area contributed by atoms with E-state index in [-0.39, 0.29) is 5.56 Å². The number of alkyl halides is 2. The van der Waals surface area contributed by atoms with Gasteiger partial charge in [0.25, 0.3) is 6.43 Å². The summed E-state index contributed by atoms with van der Waals surface area (Å²) < 4.78 is 36.6. The first-order valence-corrected chi connectivity index (χ1v) is 5.40. The Labute approximate surface area is 98.5 Å². The monoisotopic (exact) mass is 243 g/mol. The normalized spacial score (nSPS) is 15.2. The predicted octanol–water partition coefficient (Wildman–Crippen LogP) is 2.59. The fraction of sp³-hybridized carbons (Fsp3) is 0.500. The highest BCUT2D eigenvalue weighted by Gasteiger charge is 2.27. The van der Waals surface area contributed by atoms with Crippen LogP contribution in [0.5, 0.6) is 11.5 Å². The number of hydrogen-bond acceptors (Lipinski definition) is 3. The van der Waals surface area contributed by atoms with Gasteiger partial charge in [0.15, 0.2) is 11.5 Å². The van der Waals surface area contributed by atoms with E-state index in [0.717, 1.165) is 0 Å². The Morgan fingerprint density at radius 3 is 2.18 bits per heavy atom. The Kier molecular flexibility index (Phi) is 2.95. The molecule has 1 aromatic carbocycles. The molecule has 94 valence electrons. The average molecular weight is 243 g/mol. The van der Waals surface area contributed by atoms with E-state index in [0.29, 0.717) is 30.3 Å². The number of nitrogens with two attached hydrogens (primary N) is 1. The van der Waals surface area contributed by atoms with Crippen LogP contribution in [-0.4, -0.2) is 13.2 Å². The molecule has 0 radical (unpaired) electrons. The molecule has 2 N–H and O–H groups in total. The molecule has 0 amide bonds. The Morgan fingerprint density at radius 2 is 1.71 bits per heavy atom. The number of ether oxygens (including phenoxy) is 2. The lowest BCUT2D eigenvalue weighted by atomic mass is 9.90. The second-order valence-corrected chi connectivity index (χ2v) is 4.61. The van der Waals surface area contributed by atoms with Crippen LogP contribution >= 0.6 is 0 Å². The van der Waals surface area contributed by atoms with Gasteiger partial charge in [-0.25, -0.2) is 8.78 Å². The van der Waals surface area contributed by atoms with Gasteiger partial charge in [0.1, 0.15) is 13.2 Å². The van der Waals surface area contributed by atoms with E-state index in [1.807, 2.05) is 0 Å². The maximum Gasteiger partial charge on any atom is 0.264 e. The van der Waals surface area contributed by atoms with Gasteiger partial charge in [-0.05, 0) is 31.5 Å². The van der Waals surface area contributed by atoms with Crippen molar-refractivity contribution in [3.8, 4) is 11.5 Å². The standard InChI is InChI=1S/C12H15F2NO2/c1-12(2,15)8-6-10-9(16-3-4-17-10)5-7(8)11(13)14/h5-6,11H,3-4,15H2,1-2H3. The first-order chi connectivity index (χ1) is 7.89. The summed E-state index contributed by atoms with van der Waals surface area (Å²) >= 11 is 0. The molecule has 0 unspecified atom stereocenters. The molecule has 1 aliphatic heterocycles. The molecule has 2 rings (SSSR count). The van der Waals surface area contributed by atoms with Gasteiger partial charge in [-0.1, -0.05) is 0 Å². The lowest BCUT2D eigenvalue weighted by Gasteiger charge is -2.26. The lowest BCUT2D eigenvalue weighted by Crippen LogP contribution is -2.30. The Balaban J connectivity index is 2.56. The van der Waals surface area contributed by atoms with Crippen LogP contribution in [-0.2, 0) is 5.54 Å². The van der Waals surface area contributed by atoms with Crippen LogP contribution in [0, 0.1) is 0 Å². The van der Waals surface area contributed by atoms with Crippen LogP contribution in [0.3, 0.4) is 0 Å². The summed E-state index contributed by atoms with van der Waals surface area (Å²) in [6.07, 6.45) is -2.58. The maximum atomic E-state index is 13.0. The molecule has 17 heavy (non-hydrogen) atoms. The van der Waals surface area contributed by atoms with Crippen molar-refractivity contribution in [1.82, 2.24) is 0 Å². The Hall–Kier alpha value is -1.36. The molecule has 0 bridgehead atoms. The summed E-state index contributed by atoms with van der Waals surface area (Å²) in [6.45, 7) is 4.17. The summed E-state index contributed by atoms with van der Waals surface area (Å²) in [4.78, 5) is 0. The first kappa shape index (κ1) is 12.1. The number of halogens is 2. The quantitative estimate of drug-likeness (QED) is 0.868. The molecular formula is C12H15F2NO2. The van der Waals surface area contributed by atoms with Gasteiger partial charge < -0.3 is 15.2 Å². The minimum absolute atomic E-state index is 0.0956. The van der Waals surface area contributed by atoms with Gasteiger partial charge in [0.05, 0.1) is 0 Å². The third-order valence-corrected chi connectivity index (χ3v) is 2.64. The molecule has 0 saturated heterocycles. The minimum Gasteiger partial charge on any atom is -0.486 e. The van der Waals surface area contributed by atoms with Crippen LogP contribution in [0.4, 0.5) is 8.78 Å². The van der Waals surface area contributed by atoms with Gasteiger partial charge in [-0.3, -0.25) is 0 Å². The van der Waals surface area contributed by atoms with Crippen LogP contribution < -0.4 is 15.2 Å². The van der Waals surface area contributed by atoms with Gasteiger partial charge in [0, 0.05) is 11.1 Å². The molecule has 5 heteroatoms. The minimum atomic E-state index is -2.58. The van der Waals surface area contributed by atoms with Crippen LogP contribution in [0.15, 0.2) is 12.1 Å². The van der Waals surface area contributed by atoms with E-state index in [2.05, 4.69) is 0 Å². The van der Waals surface area contributed by atoms with Crippen molar-refractivity contribution in [3.63, 3.8) is 0 Å². The average Bonchev–Trinajstić information content (AvgIpc) is 2.26. The molecule has 3 nitrogen and oxygen atoms in total. The van der Waals surface area contributed by atoms with Gasteiger partial charge in [0.2, 0.25) is 0 Å². The topological polar surface area (TPSA) is 44.5 Å². The highest BCUT2D eigenvalue weighted by molar-refractivity contribution is 5.50. The molecule has 0 saturated carbocycles. The van der Waals surface area contributed by atoms with E-state index in [1.165, 1.54) is 6.07 Å².